The zero-order valence-electron chi connectivity index (χ0n) is 20.0. The number of aliphatic hydroxyl groups is 1. The molecule has 6 heteroatoms. The van der Waals surface area contributed by atoms with Crippen molar-refractivity contribution in [2.45, 2.75) is 58.9 Å². The fourth-order valence-corrected chi connectivity index (χ4v) is 4.35. The molecule has 0 radical (unpaired) electrons. The fraction of sp³-hybridized carbons (Fsp3) is 0.481. The first kappa shape index (κ1) is 24.8. The molecule has 6 nitrogen and oxygen atoms in total. The molecule has 1 aromatic carbocycles. The number of aryl methyl sites for hydroxylation is 1. The van der Waals surface area contributed by atoms with Gasteiger partial charge in [0.05, 0.1) is 11.6 Å². The zero-order chi connectivity index (χ0) is 23.8. The van der Waals surface area contributed by atoms with E-state index < -0.39 is 23.5 Å². The Bertz CT molecular complexity index is 956. The van der Waals surface area contributed by atoms with E-state index in [0.717, 1.165) is 57.3 Å². The minimum Gasteiger partial charge on any atom is -0.503 e. The average Bonchev–Trinajstić information content (AvgIpc) is 3.37. The number of hydrogen-bond acceptors (Lipinski definition) is 5. The van der Waals surface area contributed by atoms with Gasteiger partial charge in [-0.25, -0.2) is 0 Å². The van der Waals surface area contributed by atoms with Crippen LogP contribution in [0.25, 0.3) is 0 Å². The van der Waals surface area contributed by atoms with Crippen molar-refractivity contribution in [1.82, 2.24) is 9.80 Å². The maximum Gasteiger partial charge on any atom is 0.290 e. The van der Waals surface area contributed by atoms with Gasteiger partial charge in [0.1, 0.15) is 5.76 Å². The third-order valence-electron chi connectivity index (χ3n) is 6.16. The van der Waals surface area contributed by atoms with Crippen LogP contribution in [0.5, 0.6) is 0 Å². The van der Waals surface area contributed by atoms with Crippen molar-refractivity contribution in [2.75, 3.05) is 26.2 Å². The number of amides is 1. The SMILES string of the molecule is CCCCN(CCCC)CCCN1C(=O)C(O)=C(C(=O)c2ccc(C)o2)[C@@H]1c1ccccc1. The second-order valence-corrected chi connectivity index (χ2v) is 8.72. The minimum absolute atomic E-state index is 0.0920. The Balaban J connectivity index is 1.81. The lowest BCUT2D eigenvalue weighted by Crippen LogP contribution is -2.35. The molecular formula is C27H36N2O4. The van der Waals surface area contributed by atoms with E-state index in [1.54, 1.807) is 24.0 Å². The van der Waals surface area contributed by atoms with Crippen molar-refractivity contribution < 1.29 is 19.1 Å². The summed E-state index contributed by atoms with van der Waals surface area (Å²) in [5, 5.41) is 10.8. The summed E-state index contributed by atoms with van der Waals surface area (Å²) in [5.41, 5.74) is 0.893. The molecule has 0 saturated heterocycles. The number of furan rings is 1. The molecule has 0 aliphatic carbocycles. The Morgan fingerprint density at radius 2 is 1.64 bits per heavy atom. The molecule has 3 rings (SSSR count). The van der Waals surface area contributed by atoms with Gasteiger partial charge in [0.15, 0.2) is 11.5 Å². The summed E-state index contributed by atoms with van der Waals surface area (Å²) in [6, 6.07) is 12.1. The van der Waals surface area contributed by atoms with Crippen LogP contribution >= 0.6 is 0 Å². The first-order valence-corrected chi connectivity index (χ1v) is 12.1. The second-order valence-electron chi connectivity index (χ2n) is 8.72. The highest BCUT2D eigenvalue weighted by Crippen LogP contribution is 2.39. The van der Waals surface area contributed by atoms with Crippen LogP contribution in [0, 0.1) is 6.92 Å². The summed E-state index contributed by atoms with van der Waals surface area (Å²) in [7, 11) is 0. The number of hydrogen-bond donors (Lipinski definition) is 1. The van der Waals surface area contributed by atoms with Gasteiger partial charge in [0.25, 0.3) is 5.91 Å². The van der Waals surface area contributed by atoms with Gasteiger partial charge in [-0.3, -0.25) is 9.59 Å². The Kier molecular flexibility index (Phi) is 8.89. The molecule has 1 N–H and O–H groups in total. The predicted octanol–water partition coefficient (Wildman–Crippen LogP) is 5.46. The molecule has 0 fully saturated rings. The number of aliphatic hydroxyl groups excluding tert-OH is 1. The van der Waals surface area contributed by atoms with Gasteiger partial charge in [-0.15, -0.1) is 0 Å². The van der Waals surface area contributed by atoms with Crippen molar-refractivity contribution in [3.05, 3.63) is 70.9 Å². The molecule has 2 heterocycles. The lowest BCUT2D eigenvalue weighted by molar-refractivity contribution is -0.129. The molecule has 178 valence electrons. The largest absolute Gasteiger partial charge is 0.503 e. The van der Waals surface area contributed by atoms with E-state index in [9.17, 15) is 14.7 Å². The predicted molar refractivity (Wildman–Crippen MR) is 129 cm³/mol. The summed E-state index contributed by atoms with van der Waals surface area (Å²) in [6.07, 6.45) is 5.39. The zero-order valence-corrected chi connectivity index (χ0v) is 20.0. The van der Waals surface area contributed by atoms with Crippen molar-refractivity contribution in [2.24, 2.45) is 0 Å². The van der Waals surface area contributed by atoms with Gasteiger partial charge in [-0.2, -0.15) is 0 Å². The number of rotatable bonds is 13. The number of carbonyl (C=O) groups is 2. The molecule has 1 aliphatic rings. The van der Waals surface area contributed by atoms with Gasteiger partial charge in [0.2, 0.25) is 5.78 Å². The summed E-state index contributed by atoms with van der Waals surface area (Å²) >= 11 is 0. The van der Waals surface area contributed by atoms with Gasteiger partial charge in [-0.1, -0.05) is 57.0 Å². The lowest BCUT2D eigenvalue weighted by Gasteiger charge is -2.28. The molecular weight excluding hydrogens is 416 g/mol. The van der Waals surface area contributed by atoms with Crippen LogP contribution in [0.4, 0.5) is 0 Å². The summed E-state index contributed by atoms with van der Waals surface area (Å²) in [4.78, 5) is 30.4. The van der Waals surface area contributed by atoms with Gasteiger partial charge in [0, 0.05) is 6.54 Å². The number of nitrogens with zero attached hydrogens (tertiary/aromatic N) is 2. The van der Waals surface area contributed by atoms with Gasteiger partial charge in [-0.05, 0) is 63.5 Å². The van der Waals surface area contributed by atoms with Crippen LogP contribution < -0.4 is 0 Å². The normalized spacial score (nSPS) is 16.3. The Hall–Kier alpha value is -2.86. The smallest absolute Gasteiger partial charge is 0.290 e. The Morgan fingerprint density at radius 1 is 1.00 bits per heavy atom. The quantitative estimate of drug-likeness (QED) is 0.409. The van der Waals surface area contributed by atoms with Crippen LogP contribution in [0.3, 0.4) is 0 Å². The molecule has 33 heavy (non-hydrogen) atoms. The van der Waals surface area contributed by atoms with E-state index in [4.69, 9.17) is 4.42 Å². The van der Waals surface area contributed by atoms with Crippen LogP contribution in [-0.2, 0) is 4.79 Å². The van der Waals surface area contributed by atoms with Crippen molar-refractivity contribution >= 4 is 11.7 Å². The molecule has 2 aromatic rings. The molecule has 1 amide bonds. The van der Waals surface area contributed by atoms with Crippen molar-refractivity contribution in [1.29, 1.82) is 0 Å². The van der Waals surface area contributed by atoms with Crippen molar-refractivity contribution in [3.63, 3.8) is 0 Å². The summed E-state index contributed by atoms with van der Waals surface area (Å²) in [5.74, 6) is -0.677. The molecule has 1 atom stereocenters. The highest BCUT2D eigenvalue weighted by Gasteiger charge is 2.44. The number of unbranched alkanes of at least 4 members (excludes halogenated alkanes) is 2. The third-order valence-corrected chi connectivity index (χ3v) is 6.16. The first-order valence-electron chi connectivity index (χ1n) is 12.1. The number of Topliss-reactive ketones (excluding diaryl/α,β-unsaturated/α-hetero) is 1. The molecule has 1 aliphatic heterocycles. The Morgan fingerprint density at radius 3 is 2.21 bits per heavy atom. The third kappa shape index (κ3) is 5.93. The lowest BCUT2D eigenvalue weighted by atomic mass is 9.95. The van der Waals surface area contributed by atoms with Gasteiger partial charge >= 0.3 is 0 Å². The topological polar surface area (TPSA) is 74.0 Å². The molecule has 0 saturated carbocycles. The van der Waals surface area contributed by atoms with Crippen LogP contribution in [-0.4, -0.2) is 52.8 Å². The van der Waals surface area contributed by atoms with Crippen LogP contribution in [0.2, 0.25) is 0 Å². The van der Waals surface area contributed by atoms with Crippen LogP contribution in [0.1, 0.15) is 73.9 Å². The maximum atomic E-state index is 13.3. The summed E-state index contributed by atoms with van der Waals surface area (Å²) < 4.78 is 5.52. The Labute approximate surface area is 196 Å². The molecule has 0 unspecified atom stereocenters. The fourth-order valence-electron chi connectivity index (χ4n) is 4.35. The van der Waals surface area contributed by atoms with Gasteiger partial charge < -0.3 is 19.3 Å². The van der Waals surface area contributed by atoms with Crippen LogP contribution in [0.15, 0.2) is 58.2 Å². The van der Waals surface area contributed by atoms with Crippen molar-refractivity contribution in [3.8, 4) is 0 Å². The second kappa shape index (κ2) is 11.8. The highest BCUT2D eigenvalue weighted by molar-refractivity contribution is 6.15. The number of carbonyl (C=O) groups excluding carboxylic acids is 2. The average molecular weight is 453 g/mol. The standard InChI is InChI=1S/C27H36N2O4/c1-4-6-16-28(17-7-5-2)18-11-19-29-24(21-12-9-8-10-13-21)23(26(31)27(29)32)25(30)22-15-14-20(3)33-22/h8-10,12-15,24,31H,4-7,11,16-19H2,1-3H3/t24-/m0/s1. The van der Waals surface area contributed by atoms with E-state index in [-0.39, 0.29) is 11.3 Å². The maximum absolute atomic E-state index is 13.3. The number of benzene rings is 1. The monoisotopic (exact) mass is 452 g/mol. The van der Waals surface area contributed by atoms with E-state index in [1.807, 2.05) is 30.3 Å². The number of ketones is 1. The van der Waals surface area contributed by atoms with E-state index >= 15 is 0 Å². The van der Waals surface area contributed by atoms with E-state index in [2.05, 4.69) is 18.7 Å². The van der Waals surface area contributed by atoms with E-state index in [1.165, 1.54) is 0 Å². The molecule has 1 aromatic heterocycles. The van der Waals surface area contributed by atoms with E-state index in [0.29, 0.717) is 12.3 Å². The molecule has 0 spiro atoms. The first-order chi connectivity index (χ1) is 16.0. The highest BCUT2D eigenvalue weighted by atomic mass is 16.3. The molecule has 0 bridgehead atoms. The summed E-state index contributed by atoms with van der Waals surface area (Å²) in [6.45, 7) is 9.60. The minimum atomic E-state index is -0.628.